The molecule has 0 aliphatic carbocycles. The van der Waals surface area contributed by atoms with Crippen LogP contribution in [0.25, 0.3) is 5.69 Å². The molecule has 1 saturated heterocycles. The number of benzene rings is 2. The summed E-state index contributed by atoms with van der Waals surface area (Å²) in [5.41, 5.74) is 3.20. The molecule has 0 spiro atoms. The number of para-hydroxylation sites is 2. The number of nitrogens with one attached hydrogen (secondary N) is 2. The molecule has 0 saturated carbocycles. The minimum absolute atomic E-state index is 0.153. The average molecular weight is 378 g/mol. The highest BCUT2D eigenvalue weighted by Gasteiger charge is 2.21. The van der Waals surface area contributed by atoms with Gasteiger partial charge in [-0.2, -0.15) is 0 Å². The molecule has 0 bridgehead atoms. The van der Waals surface area contributed by atoms with Gasteiger partial charge in [0.1, 0.15) is 6.33 Å². The van der Waals surface area contributed by atoms with Crippen molar-refractivity contribution in [2.45, 2.75) is 6.92 Å². The Morgan fingerprint density at radius 3 is 2.71 bits per heavy atom. The van der Waals surface area contributed by atoms with Crippen LogP contribution >= 0.6 is 0 Å². The van der Waals surface area contributed by atoms with E-state index in [2.05, 4.69) is 38.7 Å². The molecule has 2 heterocycles. The number of anilines is 2. The fraction of sp³-hybridized carbons (Fsp3) is 0.300. The molecule has 2 N–H and O–H groups in total. The molecule has 28 heavy (non-hydrogen) atoms. The lowest BCUT2D eigenvalue weighted by Crippen LogP contribution is -3.14. The van der Waals surface area contributed by atoms with Crippen LogP contribution in [0.5, 0.6) is 0 Å². The number of likely N-dealkylation sites (N-methyl/N-ethyl adjacent to an activating group) is 1. The van der Waals surface area contributed by atoms with Crippen LogP contribution in [0.3, 0.4) is 0 Å². The number of rotatable bonds is 5. The zero-order valence-electron chi connectivity index (χ0n) is 15.9. The summed E-state index contributed by atoms with van der Waals surface area (Å²) in [5.74, 6) is -0.153. The van der Waals surface area contributed by atoms with Crippen molar-refractivity contribution in [2.24, 2.45) is 0 Å². The second-order valence-electron chi connectivity index (χ2n) is 6.87. The Hall–Kier alpha value is -3.26. The molecule has 1 aliphatic rings. The maximum atomic E-state index is 12.9. The van der Waals surface area contributed by atoms with Gasteiger partial charge in [0.05, 0.1) is 49.8 Å². The van der Waals surface area contributed by atoms with Crippen LogP contribution in [0.2, 0.25) is 0 Å². The number of hydrogen-bond acceptors (Lipinski definition) is 5. The quantitative estimate of drug-likeness (QED) is 0.681. The van der Waals surface area contributed by atoms with Crippen molar-refractivity contribution in [1.29, 1.82) is 0 Å². The second kappa shape index (κ2) is 8.18. The Morgan fingerprint density at radius 1 is 1.14 bits per heavy atom. The normalized spacial score (nSPS) is 14.8. The molecule has 144 valence electrons. The van der Waals surface area contributed by atoms with E-state index < -0.39 is 0 Å². The van der Waals surface area contributed by atoms with Gasteiger partial charge in [0.15, 0.2) is 0 Å². The van der Waals surface area contributed by atoms with Crippen LogP contribution in [0, 0.1) is 0 Å². The van der Waals surface area contributed by atoms with Gasteiger partial charge < -0.3 is 15.1 Å². The number of carbonyl (C=O) groups excluding carboxylic acids is 1. The number of carbonyl (C=O) groups is 1. The lowest BCUT2D eigenvalue weighted by Gasteiger charge is -2.34. The van der Waals surface area contributed by atoms with Gasteiger partial charge in [0.2, 0.25) is 0 Å². The van der Waals surface area contributed by atoms with Crippen LogP contribution in [0.4, 0.5) is 11.4 Å². The largest absolute Gasteiger partial charge is 0.359 e. The lowest BCUT2D eigenvalue weighted by molar-refractivity contribution is -0.898. The summed E-state index contributed by atoms with van der Waals surface area (Å²) in [5, 5.41) is 14.2. The number of quaternary nitrogens is 1. The maximum absolute atomic E-state index is 12.9. The van der Waals surface area contributed by atoms with Crippen molar-refractivity contribution < 1.29 is 9.69 Å². The molecular formula is C20H24N7O+. The highest BCUT2D eigenvalue weighted by Crippen LogP contribution is 2.26. The van der Waals surface area contributed by atoms with Crippen LogP contribution in [0.1, 0.15) is 17.3 Å². The van der Waals surface area contributed by atoms with E-state index in [1.54, 1.807) is 17.0 Å². The zero-order valence-corrected chi connectivity index (χ0v) is 15.9. The monoisotopic (exact) mass is 378 g/mol. The Balaban J connectivity index is 1.52. The summed E-state index contributed by atoms with van der Waals surface area (Å²) in [4.78, 5) is 16.9. The Morgan fingerprint density at radius 2 is 1.96 bits per heavy atom. The van der Waals surface area contributed by atoms with E-state index in [0.29, 0.717) is 5.56 Å². The molecule has 0 unspecified atom stereocenters. The van der Waals surface area contributed by atoms with E-state index in [-0.39, 0.29) is 5.91 Å². The maximum Gasteiger partial charge on any atom is 0.255 e. The van der Waals surface area contributed by atoms with Crippen LogP contribution in [-0.4, -0.2) is 58.8 Å². The van der Waals surface area contributed by atoms with Gasteiger partial charge in [-0.05, 0) is 47.7 Å². The first-order valence-electron chi connectivity index (χ1n) is 9.57. The zero-order chi connectivity index (χ0) is 19.3. The summed E-state index contributed by atoms with van der Waals surface area (Å²) in [7, 11) is 0. The summed E-state index contributed by atoms with van der Waals surface area (Å²) >= 11 is 0. The van der Waals surface area contributed by atoms with Crippen molar-refractivity contribution in [2.75, 3.05) is 42.9 Å². The summed E-state index contributed by atoms with van der Waals surface area (Å²) in [6, 6.07) is 15.2. The molecule has 0 atom stereocenters. The van der Waals surface area contributed by atoms with Crippen molar-refractivity contribution in [3.63, 3.8) is 0 Å². The van der Waals surface area contributed by atoms with E-state index in [4.69, 9.17) is 0 Å². The van der Waals surface area contributed by atoms with Crippen LogP contribution in [-0.2, 0) is 0 Å². The van der Waals surface area contributed by atoms with Gasteiger partial charge in [-0.15, -0.1) is 5.10 Å². The smallest absolute Gasteiger partial charge is 0.255 e. The van der Waals surface area contributed by atoms with Gasteiger partial charge in [-0.3, -0.25) is 4.79 Å². The summed E-state index contributed by atoms with van der Waals surface area (Å²) in [6.45, 7) is 7.60. The molecule has 1 aliphatic heterocycles. The number of piperazine rings is 1. The topological polar surface area (TPSA) is 80.4 Å². The van der Waals surface area contributed by atoms with Crippen molar-refractivity contribution >= 4 is 17.3 Å². The molecular weight excluding hydrogens is 354 g/mol. The fourth-order valence-corrected chi connectivity index (χ4v) is 3.54. The van der Waals surface area contributed by atoms with Gasteiger partial charge >= 0.3 is 0 Å². The molecule has 2 aromatic carbocycles. The number of amides is 1. The number of nitrogens with zero attached hydrogens (tertiary/aromatic N) is 5. The molecule has 8 heteroatoms. The molecule has 1 fully saturated rings. The molecule has 8 nitrogen and oxygen atoms in total. The average Bonchev–Trinajstić information content (AvgIpc) is 3.29. The Bertz CT molecular complexity index is 933. The lowest BCUT2D eigenvalue weighted by atomic mass is 10.1. The van der Waals surface area contributed by atoms with Crippen molar-refractivity contribution in [3.05, 3.63) is 60.4 Å². The van der Waals surface area contributed by atoms with Gasteiger partial charge in [-0.25, -0.2) is 4.68 Å². The molecule has 1 amide bonds. The van der Waals surface area contributed by atoms with Crippen LogP contribution in [0.15, 0.2) is 54.9 Å². The highest BCUT2D eigenvalue weighted by atomic mass is 16.1. The third-order valence-corrected chi connectivity index (χ3v) is 5.19. The van der Waals surface area contributed by atoms with E-state index in [0.717, 1.165) is 49.8 Å². The third kappa shape index (κ3) is 3.86. The first kappa shape index (κ1) is 18.1. The van der Waals surface area contributed by atoms with Crippen molar-refractivity contribution in [3.8, 4) is 5.69 Å². The first-order valence-corrected chi connectivity index (χ1v) is 9.57. The predicted octanol–water partition coefficient (Wildman–Crippen LogP) is 0.639. The van der Waals surface area contributed by atoms with Gasteiger partial charge in [-0.1, -0.05) is 18.2 Å². The highest BCUT2D eigenvalue weighted by molar-refractivity contribution is 6.06. The summed E-state index contributed by atoms with van der Waals surface area (Å²) in [6.07, 6.45) is 1.50. The molecule has 1 aromatic heterocycles. The van der Waals surface area contributed by atoms with Crippen LogP contribution < -0.4 is 15.1 Å². The molecule has 4 rings (SSSR count). The summed E-state index contributed by atoms with van der Waals surface area (Å²) < 4.78 is 1.53. The standard InChI is InChI=1S/C20H23N7O/c1-2-25-10-12-26(13-11-25)19-9-4-3-8-18(19)22-20(28)16-6-5-7-17(14-16)27-15-21-23-24-27/h3-9,14-15H,2,10-13H2,1H3,(H,22,28)/p+1. The molecule has 3 aromatic rings. The van der Waals surface area contributed by atoms with Gasteiger partial charge in [0.25, 0.3) is 5.91 Å². The Kier molecular flexibility index (Phi) is 5.29. The van der Waals surface area contributed by atoms with E-state index in [9.17, 15) is 4.79 Å². The SMILES string of the molecule is CC[NH+]1CCN(c2ccccc2NC(=O)c2cccc(-n3cnnn3)c2)CC1. The number of aromatic nitrogens is 4. The van der Waals surface area contributed by atoms with Crippen molar-refractivity contribution in [1.82, 2.24) is 20.2 Å². The minimum atomic E-state index is -0.153. The third-order valence-electron chi connectivity index (χ3n) is 5.19. The second-order valence-corrected chi connectivity index (χ2v) is 6.87. The number of tetrazole rings is 1. The molecule has 0 radical (unpaired) electrons. The first-order chi connectivity index (χ1) is 13.7. The van der Waals surface area contributed by atoms with E-state index >= 15 is 0 Å². The minimum Gasteiger partial charge on any atom is -0.359 e. The Labute approximate surface area is 163 Å². The fourth-order valence-electron chi connectivity index (χ4n) is 3.54. The number of hydrogen-bond donors (Lipinski definition) is 2. The predicted molar refractivity (Wildman–Crippen MR) is 107 cm³/mol. The van der Waals surface area contributed by atoms with Gasteiger partial charge in [0, 0.05) is 5.56 Å². The van der Waals surface area contributed by atoms with E-state index in [1.807, 2.05) is 30.3 Å². The van der Waals surface area contributed by atoms with E-state index in [1.165, 1.54) is 11.0 Å².